The molecule has 1 aromatic heterocycles. The molecule has 5 heteroatoms. The van der Waals surface area contributed by atoms with Crippen molar-refractivity contribution in [1.82, 2.24) is 14.5 Å². The van der Waals surface area contributed by atoms with Crippen LogP contribution in [-0.4, -0.2) is 27.0 Å². The third-order valence-electron chi connectivity index (χ3n) is 5.49. The Kier molecular flexibility index (Phi) is 5.65. The zero-order valence-electron chi connectivity index (χ0n) is 17.1. The molecule has 1 atom stereocenters. The Morgan fingerprint density at radius 2 is 2.00 bits per heavy atom. The van der Waals surface area contributed by atoms with Gasteiger partial charge in [0.05, 0.1) is 6.04 Å². The van der Waals surface area contributed by atoms with Gasteiger partial charge in [0, 0.05) is 37.1 Å². The standard InChI is InChI=1S/C24H28N4O/c1-18(2)23-25-13-15-27(23)17-19-8-6-11-21(16-19)26-24(29)28-14-7-12-22(28)20-9-4-3-5-10-20/h3-6,8-11,13,15-16,18,22H,7,12,14,17H2,1-2H3,(H,26,29). The molecular formula is C24H28N4O. The van der Waals surface area contributed by atoms with E-state index in [1.54, 1.807) is 0 Å². The molecular weight excluding hydrogens is 360 g/mol. The number of nitrogens with zero attached hydrogens (tertiary/aromatic N) is 3. The molecule has 1 aliphatic rings. The SMILES string of the molecule is CC(C)c1nccn1Cc1cccc(NC(=O)N2CCCC2c2ccccc2)c1. The van der Waals surface area contributed by atoms with Gasteiger partial charge in [-0.15, -0.1) is 0 Å². The molecule has 0 saturated carbocycles. The summed E-state index contributed by atoms with van der Waals surface area (Å²) in [5.41, 5.74) is 3.18. The Hall–Kier alpha value is -3.08. The monoisotopic (exact) mass is 388 g/mol. The highest BCUT2D eigenvalue weighted by atomic mass is 16.2. The number of carbonyl (C=O) groups is 1. The number of imidazole rings is 1. The molecule has 5 nitrogen and oxygen atoms in total. The Balaban J connectivity index is 1.46. The maximum absolute atomic E-state index is 13.0. The number of urea groups is 1. The lowest BCUT2D eigenvalue weighted by molar-refractivity contribution is 0.207. The van der Waals surface area contributed by atoms with E-state index in [0.717, 1.165) is 43.0 Å². The van der Waals surface area contributed by atoms with E-state index in [2.05, 4.69) is 53.0 Å². The summed E-state index contributed by atoms with van der Waals surface area (Å²) in [5.74, 6) is 1.44. The van der Waals surface area contributed by atoms with E-state index in [9.17, 15) is 4.79 Å². The summed E-state index contributed by atoms with van der Waals surface area (Å²) in [4.78, 5) is 19.4. The lowest BCUT2D eigenvalue weighted by Gasteiger charge is -2.25. The van der Waals surface area contributed by atoms with Gasteiger partial charge in [0.2, 0.25) is 0 Å². The predicted molar refractivity (Wildman–Crippen MR) is 116 cm³/mol. The van der Waals surface area contributed by atoms with Gasteiger partial charge in [-0.3, -0.25) is 0 Å². The summed E-state index contributed by atoms with van der Waals surface area (Å²) in [6.07, 6.45) is 5.90. The molecule has 29 heavy (non-hydrogen) atoms. The van der Waals surface area contributed by atoms with E-state index in [1.807, 2.05) is 47.6 Å². The van der Waals surface area contributed by atoms with Gasteiger partial charge in [0.1, 0.15) is 5.82 Å². The van der Waals surface area contributed by atoms with Crippen molar-refractivity contribution in [2.24, 2.45) is 0 Å². The van der Waals surface area contributed by atoms with Gasteiger partial charge < -0.3 is 14.8 Å². The smallest absolute Gasteiger partial charge is 0.322 e. The summed E-state index contributed by atoms with van der Waals surface area (Å²) in [5, 5.41) is 3.10. The minimum Gasteiger partial charge on any atom is -0.330 e. The second-order valence-electron chi connectivity index (χ2n) is 7.96. The number of likely N-dealkylation sites (tertiary alicyclic amines) is 1. The Bertz CT molecular complexity index is 964. The molecule has 1 unspecified atom stereocenters. The van der Waals surface area contributed by atoms with Crippen molar-refractivity contribution in [3.63, 3.8) is 0 Å². The summed E-state index contributed by atoms with van der Waals surface area (Å²) in [6.45, 7) is 5.83. The fourth-order valence-corrected chi connectivity index (χ4v) is 4.13. The summed E-state index contributed by atoms with van der Waals surface area (Å²) in [6, 6.07) is 18.5. The van der Waals surface area contributed by atoms with E-state index < -0.39 is 0 Å². The van der Waals surface area contributed by atoms with Crippen molar-refractivity contribution in [2.45, 2.75) is 45.2 Å². The van der Waals surface area contributed by atoms with Crippen LogP contribution in [0.3, 0.4) is 0 Å². The lowest BCUT2D eigenvalue weighted by atomic mass is 10.1. The number of carbonyl (C=O) groups excluding carboxylic acids is 1. The van der Waals surface area contributed by atoms with E-state index in [1.165, 1.54) is 5.56 Å². The van der Waals surface area contributed by atoms with Gasteiger partial charge >= 0.3 is 6.03 Å². The topological polar surface area (TPSA) is 50.2 Å². The predicted octanol–water partition coefficient (Wildman–Crippen LogP) is 5.42. The van der Waals surface area contributed by atoms with Crippen LogP contribution in [-0.2, 0) is 6.54 Å². The first-order valence-corrected chi connectivity index (χ1v) is 10.3. The number of rotatable bonds is 5. The largest absolute Gasteiger partial charge is 0.330 e. The molecule has 150 valence electrons. The van der Waals surface area contributed by atoms with Crippen LogP contribution < -0.4 is 5.32 Å². The minimum atomic E-state index is -0.0287. The maximum atomic E-state index is 13.0. The lowest BCUT2D eigenvalue weighted by Crippen LogP contribution is -2.34. The van der Waals surface area contributed by atoms with Crippen LogP contribution in [0.4, 0.5) is 10.5 Å². The van der Waals surface area contributed by atoms with Crippen LogP contribution in [0.2, 0.25) is 0 Å². The number of nitrogens with one attached hydrogen (secondary N) is 1. The van der Waals surface area contributed by atoms with Crippen LogP contribution in [0.1, 0.15) is 55.6 Å². The number of amides is 2. The Morgan fingerprint density at radius 1 is 1.17 bits per heavy atom. The number of hydrogen-bond donors (Lipinski definition) is 1. The van der Waals surface area contributed by atoms with Crippen LogP contribution in [0.5, 0.6) is 0 Å². The quantitative estimate of drug-likeness (QED) is 0.634. The third kappa shape index (κ3) is 4.34. The van der Waals surface area contributed by atoms with Crippen LogP contribution in [0.15, 0.2) is 67.0 Å². The molecule has 4 rings (SSSR count). The average Bonchev–Trinajstić information content (AvgIpc) is 3.38. The molecule has 0 spiro atoms. The highest BCUT2D eigenvalue weighted by Gasteiger charge is 2.29. The first-order valence-electron chi connectivity index (χ1n) is 10.3. The molecule has 3 aromatic rings. The molecule has 0 radical (unpaired) electrons. The molecule has 0 bridgehead atoms. The zero-order valence-corrected chi connectivity index (χ0v) is 17.1. The molecule has 1 aliphatic heterocycles. The van der Waals surface area contributed by atoms with E-state index in [0.29, 0.717) is 5.92 Å². The van der Waals surface area contributed by atoms with Gasteiger partial charge in [-0.1, -0.05) is 56.3 Å². The van der Waals surface area contributed by atoms with E-state index in [-0.39, 0.29) is 12.1 Å². The van der Waals surface area contributed by atoms with Crippen LogP contribution in [0.25, 0.3) is 0 Å². The maximum Gasteiger partial charge on any atom is 0.322 e. The molecule has 1 saturated heterocycles. The van der Waals surface area contributed by atoms with Crippen molar-refractivity contribution in [3.8, 4) is 0 Å². The normalized spacial score (nSPS) is 16.4. The van der Waals surface area contributed by atoms with Crippen molar-refractivity contribution in [3.05, 3.63) is 83.9 Å². The second-order valence-corrected chi connectivity index (χ2v) is 7.96. The molecule has 0 aliphatic carbocycles. The highest BCUT2D eigenvalue weighted by Crippen LogP contribution is 2.32. The number of hydrogen-bond acceptors (Lipinski definition) is 2. The first-order chi connectivity index (χ1) is 14.1. The Labute approximate surface area is 172 Å². The zero-order chi connectivity index (χ0) is 20.2. The first kappa shape index (κ1) is 19.2. The summed E-state index contributed by atoms with van der Waals surface area (Å²) in [7, 11) is 0. The summed E-state index contributed by atoms with van der Waals surface area (Å²) >= 11 is 0. The van der Waals surface area contributed by atoms with Gasteiger partial charge in [-0.05, 0) is 36.1 Å². The average molecular weight is 389 g/mol. The third-order valence-corrected chi connectivity index (χ3v) is 5.49. The number of aromatic nitrogens is 2. The molecule has 1 N–H and O–H groups in total. The van der Waals surface area contributed by atoms with Gasteiger partial charge in [0.15, 0.2) is 0 Å². The van der Waals surface area contributed by atoms with E-state index in [4.69, 9.17) is 0 Å². The van der Waals surface area contributed by atoms with Crippen molar-refractivity contribution < 1.29 is 4.79 Å². The van der Waals surface area contributed by atoms with Gasteiger partial charge in [0.25, 0.3) is 0 Å². The van der Waals surface area contributed by atoms with Crippen LogP contribution >= 0.6 is 0 Å². The minimum absolute atomic E-state index is 0.0287. The fraction of sp³-hybridized carbons (Fsp3) is 0.333. The van der Waals surface area contributed by atoms with Gasteiger partial charge in [-0.25, -0.2) is 9.78 Å². The van der Waals surface area contributed by atoms with Crippen molar-refractivity contribution in [1.29, 1.82) is 0 Å². The van der Waals surface area contributed by atoms with Gasteiger partial charge in [-0.2, -0.15) is 0 Å². The highest BCUT2D eigenvalue weighted by molar-refractivity contribution is 5.89. The molecule has 2 heterocycles. The molecule has 2 aromatic carbocycles. The number of anilines is 1. The molecule has 2 amide bonds. The van der Waals surface area contributed by atoms with Crippen molar-refractivity contribution >= 4 is 11.7 Å². The number of benzene rings is 2. The summed E-state index contributed by atoms with van der Waals surface area (Å²) < 4.78 is 2.16. The Morgan fingerprint density at radius 3 is 2.79 bits per heavy atom. The second kappa shape index (κ2) is 8.52. The fourth-order valence-electron chi connectivity index (χ4n) is 4.13. The van der Waals surface area contributed by atoms with Crippen LogP contribution in [0, 0.1) is 0 Å². The van der Waals surface area contributed by atoms with Crippen molar-refractivity contribution in [2.75, 3.05) is 11.9 Å². The molecule has 1 fully saturated rings. The van der Waals surface area contributed by atoms with E-state index >= 15 is 0 Å².